The van der Waals surface area contributed by atoms with Gasteiger partial charge in [0.05, 0.1) is 12.7 Å². The van der Waals surface area contributed by atoms with Crippen LogP contribution in [0.5, 0.6) is 5.75 Å². The molecule has 3 rings (SSSR count). The molecule has 0 saturated heterocycles. The van der Waals surface area contributed by atoms with Gasteiger partial charge in [0.1, 0.15) is 5.75 Å². The van der Waals surface area contributed by atoms with Gasteiger partial charge in [-0.3, -0.25) is 4.79 Å². The van der Waals surface area contributed by atoms with Crippen LogP contribution in [0.25, 0.3) is 0 Å². The lowest BCUT2D eigenvalue weighted by atomic mass is 10.1. The van der Waals surface area contributed by atoms with Crippen molar-refractivity contribution < 1.29 is 9.53 Å². The third-order valence-corrected chi connectivity index (χ3v) is 4.16. The molecule has 0 unspecified atom stereocenters. The normalized spacial score (nSPS) is 10.2. The first-order valence-corrected chi connectivity index (χ1v) is 8.56. The van der Waals surface area contributed by atoms with E-state index in [2.05, 4.69) is 10.6 Å². The number of hydrogen-bond acceptors (Lipinski definition) is 3. The van der Waals surface area contributed by atoms with Gasteiger partial charge in [0.25, 0.3) is 5.91 Å². The van der Waals surface area contributed by atoms with Gasteiger partial charge in [-0.1, -0.05) is 35.9 Å². The van der Waals surface area contributed by atoms with E-state index >= 15 is 0 Å². The second kappa shape index (κ2) is 8.41. The van der Waals surface area contributed by atoms with Gasteiger partial charge in [0.15, 0.2) is 0 Å². The average molecular weight is 367 g/mol. The SMILES string of the molecule is COc1ccccc1C(=O)Nc1ccc(NCc2ccc(Cl)cc2)cc1. The summed E-state index contributed by atoms with van der Waals surface area (Å²) in [5, 5.41) is 6.94. The number of anilines is 2. The van der Waals surface area contributed by atoms with E-state index in [-0.39, 0.29) is 5.91 Å². The maximum absolute atomic E-state index is 12.4. The summed E-state index contributed by atoms with van der Waals surface area (Å²) in [6.45, 7) is 0.699. The molecule has 1 amide bonds. The number of rotatable bonds is 6. The maximum Gasteiger partial charge on any atom is 0.259 e. The highest BCUT2D eigenvalue weighted by Gasteiger charge is 2.11. The summed E-state index contributed by atoms with van der Waals surface area (Å²) in [5.74, 6) is 0.343. The molecule has 132 valence electrons. The van der Waals surface area contributed by atoms with Crippen LogP contribution in [0.1, 0.15) is 15.9 Å². The van der Waals surface area contributed by atoms with E-state index < -0.39 is 0 Å². The van der Waals surface area contributed by atoms with Gasteiger partial charge >= 0.3 is 0 Å². The molecule has 5 heteroatoms. The number of carbonyl (C=O) groups is 1. The predicted octanol–water partition coefficient (Wildman–Crippen LogP) is 5.21. The van der Waals surface area contributed by atoms with Crippen LogP contribution in [0.4, 0.5) is 11.4 Å². The Morgan fingerprint density at radius 3 is 2.27 bits per heavy atom. The van der Waals surface area contributed by atoms with Crippen LogP contribution in [-0.4, -0.2) is 13.0 Å². The van der Waals surface area contributed by atoms with Gasteiger partial charge < -0.3 is 15.4 Å². The van der Waals surface area contributed by atoms with Crippen molar-refractivity contribution in [2.45, 2.75) is 6.54 Å². The molecular formula is C21H19ClN2O2. The zero-order valence-corrected chi connectivity index (χ0v) is 15.1. The number of hydrogen-bond donors (Lipinski definition) is 2. The summed E-state index contributed by atoms with van der Waals surface area (Å²) in [5.41, 5.74) is 3.33. The zero-order chi connectivity index (χ0) is 18.4. The van der Waals surface area contributed by atoms with Crippen LogP contribution in [0.3, 0.4) is 0 Å². The molecule has 0 heterocycles. The minimum Gasteiger partial charge on any atom is -0.496 e. The fourth-order valence-electron chi connectivity index (χ4n) is 2.51. The first-order chi connectivity index (χ1) is 12.7. The van der Waals surface area contributed by atoms with Crippen molar-refractivity contribution >= 4 is 28.9 Å². The molecule has 0 saturated carbocycles. The van der Waals surface area contributed by atoms with Gasteiger partial charge in [-0.25, -0.2) is 0 Å². The number of methoxy groups -OCH3 is 1. The van der Waals surface area contributed by atoms with E-state index in [1.165, 1.54) is 0 Å². The molecule has 0 fully saturated rings. The Balaban J connectivity index is 1.60. The first kappa shape index (κ1) is 17.8. The Labute approximate surface area is 157 Å². The van der Waals surface area contributed by atoms with Crippen molar-refractivity contribution in [3.05, 3.63) is 88.9 Å². The molecule has 26 heavy (non-hydrogen) atoms. The van der Waals surface area contributed by atoms with Crippen molar-refractivity contribution in [2.24, 2.45) is 0 Å². The molecule has 0 radical (unpaired) electrons. The van der Waals surface area contributed by atoms with Crippen LogP contribution >= 0.6 is 11.6 Å². The Bertz CT molecular complexity index is 877. The number of para-hydroxylation sites is 1. The van der Waals surface area contributed by atoms with E-state index in [4.69, 9.17) is 16.3 Å². The largest absolute Gasteiger partial charge is 0.496 e. The number of carbonyl (C=O) groups excluding carboxylic acids is 1. The van der Waals surface area contributed by atoms with Gasteiger partial charge in [-0.15, -0.1) is 0 Å². The van der Waals surface area contributed by atoms with Crippen LogP contribution < -0.4 is 15.4 Å². The Hall–Kier alpha value is -2.98. The molecule has 3 aromatic rings. The van der Waals surface area contributed by atoms with Gasteiger partial charge in [-0.05, 0) is 54.1 Å². The summed E-state index contributed by atoms with van der Waals surface area (Å²) in [6, 6.07) is 22.4. The molecular weight excluding hydrogens is 348 g/mol. The minimum absolute atomic E-state index is 0.204. The monoisotopic (exact) mass is 366 g/mol. The Morgan fingerprint density at radius 2 is 1.58 bits per heavy atom. The lowest BCUT2D eigenvalue weighted by molar-refractivity contribution is 0.102. The summed E-state index contributed by atoms with van der Waals surface area (Å²) in [6.07, 6.45) is 0. The smallest absolute Gasteiger partial charge is 0.259 e. The topological polar surface area (TPSA) is 50.4 Å². The molecule has 0 aliphatic carbocycles. The van der Waals surface area contributed by atoms with E-state index in [1.807, 2.05) is 54.6 Å². The zero-order valence-electron chi connectivity index (χ0n) is 14.3. The molecule has 0 aliphatic rings. The van der Waals surface area contributed by atoms with Crippen molar-refractivity contribution in [3.63, 3.8) is 0 Å². The summed E-state index contributed by atoms with van der Waals surface area (Å²) in [7, 11) is 1.55. The number of benzene rings is 3. The maximum atomic E-state index is 12.4. The Morgan fingerprint density at radius 1 is 0.923 bits per heavy atom. The van der Waals surface area contributed by atoms with E-state index in [0.717, 1.165) is 22.0 Å². The molecule has 0 spiro atoms. The highest BCUT2D eigenvalue weighted by Crippen LogP contribution is 2.20. The van der Waals surface area contributed by atoms with E-state index in [9.17, 15) is 4.79 Å². The average Bonchev–Trinajstić information content (AvgIpc) is 2.68. The number of halogens is 1. The molecule has 4 nitrogen and oxygen atoms in total. The standard InChI is InChI=1S/C21H19ClN2O2/c1-26-20-5-3-2-4-19(20)21(25)24-18-12-10-17(11-13-18)23-14-15-6-8-16(22)9-7-15/h2-13,23H,14H2,1H3,(H,24,25). The molecule has 3 aromatic carbocycles. The third kappa shape index (κ3) is 4.55. The number of amides is 1. The first-order valence-electron chi connectivity index (χ1n) is 8.18. The van der Waals surface area contributed by atoms with Crippen LogP contribution in [0.2, 0.25) is 5.02 Å². The second-order valence-electron chi connectivity index (χ2n) is 5.71. The number of nitrogens with one attached hydrogen (secondary N) is 2. The fourth-order valence-corrected chi connectivity index (χ4v) is 2.63. The van der Waals surface area contributed by atoms with Crippen LogP contribution in [0, 0.1) is 0 Å². The molecule has 2 N–H and O–H groups in total. The van der Waals surface area contributed by atoms with E-state index in [1.54, 1.807) is 25.3 Å². The summed E-state index contributed by atoms with van der Waals surface area (Å²) < 4.78 is 5.23. The van der Waals surface area contributed by atoms with Crippen molar-refractivity contribution in [1.29, 1.82) is 0 Å². The molecule has 0 aromatic heterocycles. The summed E-state index contributed by atoms with van der Waals surface area (Å²) >= 11 is 5.89. The highest BCUT2D eigenvalue weighted by atomic mass is 35.5. The van der Waals surface area contributed by atoms with Crippen molar-refractivity contribution in [3.8, 4) is 5.75 Å². The molecule has 0 atom stereocenters. The van der Waals surface area contributed by atoms with Gasteiger partial charge in [0, 0.05) is 22.9 Å². The van der Waals surface area contributed by atoms with Gasteiger partial charge in [-0.2, -0.15) is 0 Å². The predicted molar refractivity (Wildman–Crippen MR) is 106 cm³/mol. The quantitative estimate of drug-likeness (QED) is 0.629. The van der Waals surface area contributed by atoms with Crippen molar-refractivity contribution in [2.75, 3.05) is 17.7 Å². The minimum atomic E-state index is -0.204. The highest BCUT2D eigenvalue weighted by molar-refractivity contribution is 6.30. The summed E-state index contributed by atoms with van der Waals surface area (Å²) in [4.78, 5) is 12.4. The number of ether oxygens (including phenoxy) is 1. The van der Waals surface area contributed by atoms with E-state index in [0.29, 0.717) is 17.9 Å². The van der Waals surface area contributed by atoms with Crippen LogP contribution in [-0.2, 0) is 6.54 Å². The molecule has 0 bridgehead atoms. The lowest BCUT2D eigenvalue weighted by Gasteiger charge is -2.10. The molecule has 0 aliphatic heterocycles. The lowest BCUT2D eigenvalue weighted by Crippen LogP contribution is -2.13. The third-order valence-electron chi connectivity index (χ3n) is 3.90. The van der Waals surface area contributed by atoms with Gasteiger partial charge in [0.2, 0.25) is 0 Å². The van der Waals surface area contributed by atoms with Crippen molar-refractivity contribution in [1.82, 2.24) is 0 Å². The van der Waals surface area contributed by atoms with Crippen LogP contribution in [0.15, 0.2) is 72.8 Å². The Kier molecular flexibility index (Phi) is 5.77. The fraction of sp³-hybridized carbons (Fsp3) is 0.0952. The second-order valence-corrected chi connectivity index (χ2v) is 6.15.